The molecule has 1 aliphatic rings. The molecule has 240 valence electrons. The van der Waals surface area contributed by atoms with Gasteiger partial charge in [-0.15, -0.1) is 11.3 Å². The summed E-state index contributed by atoms with van der Waals surface area (Å²) < 4.78 is 2.47. The van der Waals surface area contributed by atoms with Crippen molar-refractivity contribution in [2.75, 3.05) is 0 Å². The lowest BCUT2D eigenvalue weighted by Gasteiger charge is -2.24. The van der Waals surface area contributed by atoms with Crippen molar-refractivity contribution >= 4 is 64.9 Å². The molecule has 0 saturated carbocycles. The molecule has 0 radical (unpaired) electrons. The fraction of sp³-hybridized carbons (Fsp3) is 0.0217. The van der Waals surface area contributed by atoms with E-state index < -0.39 is 6.17 Å². The molecule has 0 saturated heterocycles. The van der Waals surface area contributed by atoms with Crippen molar-refractivity contribution in [3.63, 3.8) is 0 Å². The molecule has 10 rings (SSSR count). The molecule has 0 bridgehead atoms. The zero-order valence-electron chi connectivity index (χ0n) is 27.5. The Morgan fingerprint density at radius 1 is 0.451 bits per heavy atom. The summed E-state index contributed by atoms with van der Waals surface area (Å²) in [4.78, 5) is 15.9. The average Bonchev–Trinajstić information content (AvgIpc) is 3.60. The monoisotopic (exact) mass is 670 g/mol. The minimum absolute atomic E-state index is 0.452. The lowest BCUT2D eigenvalue weighted by atomic mass is 9.96. The molecule has 0 amide bonds. The summed E-state index contributed by atoms with van der Waals surface area (Å²) in [6, 6.07) is 59.5. The van der Waals surface area contributed by atoms with Gasteiger partial charge in [0.05, 0.1) is 11.2 Å². The Morgan fingerprint density at radius 3 is 1.86 bits per heavy atom. The van der Waals surface area contributed by atoms with Crippen LogP contribution in [0.2, 0.25) is 0 Å². The van der Waals surface area contributed by atoms with Crippen LogP contribution in [0.15, 0.2) is 180 Å². The number of aromatic nitrogens is 1. The zero-order chi connectivity index (χ0) is 33.7. The Bertz CT molecular complexity index is 2820. The molecule has 0 fully saturated rings. The highest BCUT2D eigenvalue weighted by Gasteiger charge is 2.25. The van der Waals surface area contributed by atoms with Gasteiger partial charge in [-0.3, -0.25) is 0 Å². The molecule has 3 heterocycles. The van der Waals surface area contributed by atoms with Crippen LogP contribution in [0.4, 0.5) is 0 Å². The molecule has 1 N–H and O–H groups in total. The molecule has 2 aromatic heterocycles. The maximum absolute atomic E-state index is 5.40. The highest BCUT2D eigenvalue weighted by molar-refractivity contribution is 7.26. The average molecular weight is 671 g/mol. The quantitative estimate of drug-likeness (QED) is 0.185. The second-order valence-corrected chi connectivity index (χ2v) is 13.8. The van der Waals surface area contributed by atoms with Gasteiger partial charge in [-0.25, -0.2) is 15.0 Å². The van der Waals surface area contributed by atoms with Gasteiger partial charge in [-0.1, -0.05) is 158 Å². The van der Waals surface area contributed by atoms with Crippen LogP contribution in [-0.2, 0) is 0 Å². The van der Waals surface area contributed by atoms with Crippen LogP contribution in [0, 0.1) is 0 Å². The molecule has 4 nitrogen and oxygen atoms in total. The first-order valence-corrected chi connectivity index (χ1v) is 18.0. The lowest BCUT2D eigenvalue weighted by molar-refractivity contribution is 0.763. The SMILES string of the molecule is c1ccc(C2=NC(c3cccc4sc5c(ccc6c(-c7ccccc7)nc7ccccc7c65)c34)N=C(c3ccccc3-c3ccccc3)N2)cc1. The number of para-hydroxylation sites is 1. The molecule has 1 atom stereocenters. The van der Waals surface area contributed by atoms with Crippen molar-refractivity contribution in [1.29, 1.82) is 0 Å². The van der Waals surface area contributed by atoms with Gasteiger partial charge in [0.25, 0.3) is 0 Å². The number of benzene rings is 7. The summed E-state index contributed by atoms with van der Waals surface area (Å²) in [7, 11) is 0. The highest BCUT2D eigenvalue weighted by Crippen LogP contribution is 2.46. The van der Waals surface area contributed by atoms with Crippen molar-refractivity contribution in [2.45, 2.75) is 6.17 Å². The Kier molecular flexibility index (Phi) is 7.03. The van der Waals surface area contributed by atoms with Crippen LogP contribution >= 0.6 is 11.3 Å². The van der Waals surface area contributed by atoms with Crippen molar-refractivity contribution in [2.24, 2.45) is 9.98 Å². The molecular formula is C46H30N4S. The van der Waals surface area contributed by atoms with Gasteiger partial charge in [0.1, 0.15) is 11.7 Å². The molecule has 1 unspecified atom stereocenters. The van der Waals surface area contributed by atoms with Crippen molar-refractivity contribution in [3.8, 4) is 22.4 Å². The number of hydrogen-bond donors (Lipinski definition) is 1. The summed E-state index contributed by atoms with van der Waals surface area (Å²) >= 11 is 1.84. The number of nitrogens with one attached hydrogen (secondary N) is 1. The fourth-order valence-corrected chi connectivity index (χ4v) is 8.70. The Balaban J connectivity index is 1.22. The van der Waals surface area contributed by atoms with Gasteiger partial charge >= 0.3 is 0 Å². The number of pyridine rings is 1. The Morgan fingerprint density at radius 2 is 1.08 bits per heavy atom. The third-order valence-corrected chi connectivity index (χ3v) is 10.9. The van der Waals surface area contributed by atoms with Gasteiger partial charge in [0.2, 0.25) is 0 Å². The van der Waals surface area contributed by atoms with E-state index in [0.29, 0.717) is 0 Å². The smallest absolute Gasteiger partial charge is 0.170 e. The molecule has 7 aromatic carbocycles. The third-order valence-electron chi connectivity index (χ3n) is 9.74. The van der Waals surface area contributed by atoms with Gasteiger partial charge < -0.3 is 5.32 Å². The first-order valence-electron chi connectivity index (χ1n) is 17.1. The van der Waals surface area contributed by atoms with E-state index in [1.54, 1.807) is 0 Å². The van der Waals surface area contributed by atoms with Crippen molar-refractivity contribution in [3.05, 3.63) is 187 Å². The Hall–Kier alpha value is -6.43. The summed E-state index contributed by atoms with van der Waals surface area (Å²) in [6.45, 7) is 0. The second-order valence-electron chi connectivity index (χ2n) is 12.8. The molecule has 5 heteroatoms. The largest absolute Gasteiger partial charge is 0.324 e. The van der Waals surface area contributed by atoms with Crippen LogP contribution in [0.3, 0.4) is 0 Å². The van der Waals surface area contributed by atoms with Crippen molar-refractivity contribution in [1.82, 2.24) is 10.3 Å². The first-order chi connectivity index (χ1) is 25.3. The lowest BCUT2D eigenvalue weighted by Crippen LogP contribution is -2.36. The predicted octanol–water partition coefficient (Wildman–Crippen LogP) is 11.6. The topological polar surface area (TPSA) is 49.6 Å². The van der Waals surface area contributed by atoms with E-state index in [1.165, 1.54) is 25.6 Å². The number of fused-ring (bicyclic) bond motifs is 7. The van der Waals surface area contributed by atoms with E-state index in [9.17, 15) is 0 Å². The summed E-state index contributed by atoms with van der Waals surface area (Å²) in [5.74, 6) is 1.61. The molecule has 0 aliphatic carbocycles. The second kappa shape index (κ2) is 12.2. The summed E-state index contributed by atoms with van der Waals surface area (Å²) in [5.41, 5.74) is 8.53. The van der Waals surface area contributed by atoms with E-state index in [1.807, 2.05) is 17.4 Å². The maximum atomic E-state index is 5.40. The minimum atomic E-state index is -0.452. The normalized spacial score (nSPS) is 14.5. The van der Waals surface area contributed by atoms with E-state index in [2.05, 4.69) is 169 Å². The number of hydrogen-bond acceptors (Lipinski definition) is 5. The van der Waals surface area contributed by atoms with E-state index in [4.69, 9.17) is 15.0 Å². The standard InChI is InChI=1S/C46H30N4S/c1-4-15-29(16-5-1)32-21-10-11-22-33(32)45-48-44(31-19-8-3-9-20-31)49-46(50-45)37-24-14-26-39-40(37)36-28-27-35-41(43(36)51-39)34-23-12-13-25-38(34)47-42(35)30-17-6-2-7-18-30/h1-28,46H,(H,48,49,50). The van der Waals surface area contributed by atoms with Crippen LogP contribution in [-0.4, -0.2) is 16.7 Å². The predicted molar refractivity (Wildman–Crippen MR) is 215 cm³/mol. The summed E-state index contributed by atoms with van der Waals surface area (Å²) in [6.07, 6.45) is -0.452. The molecule has 9 aromatic rings. The van der Waals surface area contributed by atoms with E-state index >= 15 is 0 Å². The molecular weight excluding hydrogens is 641 g/mol. The Labute approximate surface area is 299 Å². The molecule has 0 spiro atoms. The van der Waals surface area contributed by atoms with Crippen molar-refractivity contribution < 1.29 is 0 Å². The van der Waals surface area contributed by atoms with Crippen LogP contribution in [0.25, 0.3) is 64.2 Å². The molecule has 51 heavy (non-hydrogen) atoms. The summed E-state index contributed by atoms with van der Waals surface area (Å²) in [5, 5.41) is 9.61. The number of nitrogens with zero attached hydrogens (tertiary/aromatic N) is 3. The molecule has 1 aliphatic heterocycles. The van der Waals surface area contributed by atoms with Gasteiger partial charge in [-0.05, 0) is 23.3 Å². The van der Waals surface area contributed by atoms with Gasteiger partial charge in [0, 0.05) is 58.6 Å². The van der Waals surface area contributed by atoms with Crippen LogP contribution in [0.5, 0.6) is 0 Å². The number of rotatable bonds is 5. The van der Waals surface area contributed by atoms with Crippen LogP contribution < -0.4 is 5.32 Å². The van der Waals surface area contributed by atoms with E-state index in [0.717, 1.165) is 67.0 Å². The fourth-order valence-electron chi connectivity index (χ4n) is 7.40. The highest BCUT2D eigenvalue weighted by atomic mass is 32.1. The zero-order valence-corrected chi connectivity index (χ0v) is 28.3. The maximum Gasteiger partial charge on any atom is 0.170 e. The van der Waals surface area contributed by atoms with E-state index in [-0.39, 0.29) is 0 Å². The third kappa shape index (κ3) is 5.01. The minimum Gasteiger partial charge on any atom is -0.324 e. The number of amidine groups is 2. The van der Waals surface area contributed by atoms with Gasteiger partial charge in [0.15, 0.2) is 6.17 Å². The number of thiophene rings is 1. The van der Waals surface area contributed by atoms with Gasteiger partial charge in [-0.2, -0.15) is 0 Å². The first kappa shape index (κ1) is 29.5. The van der Waals surface area contributed by atoms with Crippen LogP contribution in [0.1, 0.15) is 22.9 Å². The number of aliphatic imine (C=N–C) groups is 2.